The van der Waals surface area contributed by atoms with E-state index in [4.69, 9.17) is 10.7 Å². The number of hydrogen-bond acceptors (Lipinski definition) is 3. The van der Waals surface area contributed by atoms with Gasteiger partial charge in [-0.1, -0.05) is 18.2 Å². The number of carbonyl (C=O) groups is 2. The highest BCUT2D eigenvalue weighted by Crippen LogP contribution is 2.40. The van der Waals surface area contributed by atoms with E-state index in [0.29, 0.717) is 18.0 Å². The van der Waals surface area contributed by atoms with E-state index in [1.165, 1.54) is 0 Å². The third kappa shape index (κ3) is 2.99. The Morgan fingerprint density at radius 1 is 1.16 bits per heavy atom. The summed E-state index contributed by atoms with van der Waals surface area (Å²) in [5.74, 6) is -0.105. The van der Waals surface area contributed by atoms with Gasteiger partial charge in [-0.25, -0.2) is 0 Å². The summed E-state index contributed by atoms with van der Waals surface area (Å²) < 4.78 is 0. The Balaban J connectivity index is 1.74. The molecular weight excluding hydrogens is 314 g/mol. The number of nitrogens with zero attached hydrogens (tertiary/aromatic N) is 2. The van der Waals surface area contributed by atoms with Crippen molar-refractivity contribution in [1.29, 1.82) is 0 Å². The molecule has 130 valence electrons. The van der Waals surface area contributed by atoms with Crippen LogP contribution in [0.2, 0.25) is 0 Å². The van der Waals surface area contributed by atoms with Crippen LogP contribution < -0.4 is 5.73 Å². The average molecular weight is 337 g/mol. The molecule has 1 aliphatic carbocycles. The Morgan fingerprint density at radius 2 is 1.92 bits per heavy atom. The zero-order chi connectivity index (χ0) is 17.6. The topological polar surface area (TPSA) is 76.3 Å². The van der Waals surface area contributed by atoms with E-state index in [9.17, 15) is 9.59 Å². The summed E-state index contributed by atoms with van der Waals surface area (Å²) in [6, 6.07) is 9.87. The molecule has 2 unspecified atom stereocenters. The van der Waals surface area contributed by atoms with Gasteiger partial charge in [-0.3, -0.25) is 14.6 Å². The number of amides is 2. The van der Waals surface area contributed by atoms with Crippen molar-refractivity contribution in [2.24, 2.45) is 11.7 Å². The zero-order valence-electron chi connectivity index (χ0n) is 14.4. The number of piperidine rings is 1. The molecule has 2 aliphatic rings. The molecule has 0 radical (unpaired) electrons. The van der Waals surface area contributed by atoms with Crippen molar-refractivity contribution in [3.63, 3.8) is 0 Å². The molecule has 5 nitrogen and oxygen atoms in total. The maximum absolute atomic E-state index is 13.3. The molecule has 2 atom stereocenters. The molecule has 2 amide bonds. The Bertz CT molecular complexity index is 844. The van der Waals surface area contributed by atoms with Crippen LogP contribution in [0.3, 0.4) is 0 Å². The summed E-state index contributed by atoms with van der Waals surface area (Å²) in [7, 11) is 0. The van der Waals surface area contributed by atoms with Crippen LogP contribution in [0.4, 0.5) is 0 Å². The number of likely N-dealkylation sites (tertiary alicyclic amines) is 1. The van der Waals surface area contributed by atoms with Crippen molar-refractivity contribution in [1.82, 2.24) is 9.88 Å². The zero-order valence-corrected chi connectivity index (χ0v) is 14.4. The summed E-state index contributed by atoms with van der Waals surface area (Å²) in [4.78, 5) is 31.5. The van der Waals surface area contributed by atoms with Crippen LogP contribution in [0.15, 0.2) is 30.3 Å². The molecule has 2 N–H and O–H groups in total. The van der Waals surface area contributed by atoms with Gasteiger partial charge in [0.25, 0.3) is 5.91 Å². The van der Waals surface area contributed by atoms with Gasteiger partial charge in [0.2, 0.25) is 5.91 Å². The van der Waals surface area contributed by atoms with E-state index < -0.39 is 0 Å². The second-order valence-electron chi connectivity index (χ2n) is 7.37. The number of fused-ring (bicyclic) bond motifs is 1. The smallest absolute Gasteiger partial charge is 0.254 e. The lowest BCUT2D eigenvalue weighted by Crippen LogP contribution is -2.48. The van der Waals surface area contributed by atoms with E-state index in [0.717, 1.165) is 42.3 Å². The first kappa shape index (κ1) is 16.1. The van der Waals surface area contributed by atoms with Gasteiger partial charge >= 0.3 is 0 Å². The summed E-state index contributed by atoms with van der Waals surface area (Å²) in [5, 5.41) is 0.880. The Kier molecular flexibility index (Phi) is 3.94. The number of pyridine rings is 1. The predicted octanol–water partition coefficient (Wildman–Crippen LogP) is 2.84. The Labute approximate surface area is 147 Å². The molecule has 0 bridgehead atoms. The largest absolute Gasteiger partial charge is 0.369 e. The fraction of sp³-hybridized carbons (Fsp3) is 0.450. The normalized spacial score (nSPS) is 23.6. The van der Waals surface area contributed by atoms with Crippen molar-refractivity contribution in [3.8, 4) is 0 Å². The number of hydrogen-bond donors (Lipinski definition) is 1. The van der Waals surface area contributed by atoms with Gasteiger partial charge in [0.05, 0.1) is 17.0 Å². The molecular formula is C20H23N3O2. The summed E-state index contributed by atoms with van der Waals surface area (Å²) in [6.07, 6.45) is 3.84. The van der Waals surface area contributed by atoms with Crippen molar-refractivity contribution < 1.29 is 9.59 Å². The first-order chi connectivity index (χ1) is 12.0. The highest BCUT2D eigenvalue weighted by Gasteiger charge is 2.34. The maximum Gasteiger partial charge on any atom is 0.254 e. The van der Waals surface area contributed by atoms with Crippen LogP contribution in [0.25, 0.3) is 10.9 Å². The SMILES string of the molecule is CC1CCC(C(N)=O)CN1C(=O)c1cc(C2CC2)nc2ccccc12. The van der Waals surface area contributed by atoms with E-state index in [-0.39, 0.29) is 23.8 Å². The van der Waals surface area contributed by atoms with Crippen molar-refractivity contribution in [2.45, 2.75) is 44.6 Å². The minimum atomic E-state index is -0.317. The van der Waals surface area contributed by atoms with Crippen LogP contribution in [-0.4, -0.2) is 34.3 Å². The van der Waals surface area contributed by atoms with Gasteiger partial charge in [-0.15, -0.1) is 0 Å². The first-order valence-corrected chi connectivity index (χ1v) is 9.04. The van der Waals surface area contributed by atoms with Crippen LogP contribution >= 0.6 is 0 Å². The fourth-order valence-electron chi connectivity index (χ4n) is 3.74. The molecule has 1 aromatic carbocycles. The molecule has 2 fully saturated rings. The minimum absolute atomic E-state index is 0.0149. The van der Waals surface area contributed by atoms with E-state index in [2.05, 4.69) is 0 Å². The monoisotopic (exact) mass is 337 g/mol. The number of para-hydroxylation sites is 1. The van der Waals surface area contributed by atoms with Crippen molar-refractivity contribution in [3.05, 3.63) is 41.6 Å². The fourth-order valence-corrected chi connectivity index (χ4v) is 3.74. The molecule has 25 heavy (non-hydrogen) atoms. The standard InChI is InChI=1S/C20H23N3O2/c1-12-6-7-14(19(21)24)11-23(12)20(25)16-10-18(13-8-9-13)22-17-5-3-2-4-15(16)17/h2-5,10,12-14H,6-9,11H2,1H3,(H2,21,24). The molecule has 1 aromatic heterocycles. The molecule has 1 saturated heterocycles. The van der Waals surface area contributed by atoms with Gasteiger partial charge in [0.15, 0.2) is 0 Å². The quantitative estimate of drug-likeness (QED) is 0.935. The van der Waals surface area contributed by atoms with Gasteiger partial charge < -0.3 is 10.6 Å². The van der Waals surface area contributed by atoms with Crippen LogP contribution in [0, 0.1) is 5.92 Å². The third-order valence-corrected chi connectivity index (χ3v) is 5.51. The maximum atomic E-state index is 13.3. The second kappa shape index (κ2) is 6.14. The second-order valence-corrected chi connectivity index (χ2v) is 7.37. The lowest BCUT2D eigenvalue weighted by atomic mass is 9.92. The molecule has 1 aliphatic heterocycles. The number of carbonyl (C=O) groups excluding carboxylic acids is 2. The van der Waals surface area contributed by atoms with Gasteiger partial charge in [0, 0.05) is 29.6 Å². The van der Waals surface area contributed by atoms with Gasteiger partial charge in [0.1, 0.15) is 0 Å². The minimum Gasteiger partial charge on any atom is -0.369 e. The highest BCUT2D eigenvalue weighted by molar-refractivity contribution is 6.06. The van der Waals surface area contributed by atoms with Crippen LogP contribution in [0.1, 0.15) is 54.6 Å². The molecule has 2 heterocycles. The average Bonchev–Trinajstić information content (AvgIpc) is 3.45. The number of benzene rings is 1. The molecule has 5 heteroatoms. The van der Waals surface area contributed by atoms with Crippen LogP contribution in [-0.2, 0) is 4.79 Å². The molecule has 4 rings (SSSR count). The molecule has 1 saturated carbocycles. The van der Waals surface area contributed by atoms with Crippen molar-refractivity contribution >= 4 is 22.7 Å². The van der Waals surface area contributed by atoms with E-state index in [1.807, 2.05) is 42.2 Å². The Morgan fingerprint density at radius 3 is 2.64 bits per heavy atom. The molecule has 2 aromatic rings. The summed E-state index contributed by atoms with van der Waals surface area (Å²) >= 11 is 0. The first-order valence-electron chi connectivity index (χ1n) is 9.04. The number of primary amides is 1. The third-order valence-electron chi connectivity index (χ3n) is 5.51. The highest BCUT2D eigenvalue weighted by atomic mass is 16.2. The molecule has 0 spiro atoms. The summed E-state index contributed by atoms with van der Waals surface area (Å²) in [6.45, 7) is 2.45. The van der Waals surface area contributed by atoms with E-state index in [1.54, 1.807) is 0 Å². The number of nitrogens with two attached hydrogens (primary N) is 1. The number of aromatic nitrogens is 1. The lowest BCUT2D eigenvalue weighted by Gasteiger charge is -2.37. The summed E-state index contributed by atoms with van der Waals surface area (Å²) in [5.41, 5.74) is 8.07. The van der Waals surface area contributed by atoms with E-state index >= 15 is 0 Å². The predicted molar refractivity (Wildman–Crippen MR) is 96.1 cm³/mol. The van der Waals surface area contributed by atoms with Crippen LogP contribution in [0.5, 0.6) is 0 Å². The van der Waals surface area contributed by atoms with Gasteiger partial charge in [-0.05, 0) is 44.7 Å². The van der Waals surface area contributed by atoms with Crippen molar-refractivity contribution in [2.75, 3.05) is 6.54 Å². The lowest BCUT2D eigenvalue weighted by molar-refractivity contribution is -0.123. The number of rotatable bonds is 3. The van der Waals surface area contributed by atoms with Gasteiger partial charge in [-0.2, -0.15) is 0 Å². The Hall–Kier alpha value is -2.43.